The Morgan fingerprint density at radius 2 is 2.24 bits per heavy atom. The largest absolute Gasteiger partial charge is 0.408 e. The minimum Gasteiger partial charge on any atom is -0.408 e. The average Bonchev–Trinajstić information content (AvgIpc) is 2.88. The van der Waals surface area contributed by atoms with Gasteiger partial charge in [-0.1, -0.05) is 34.9 Å². The number of rotatable bonds is 5. The first kappa shape index (κ1) is 15.8. The van der Waals surface area contributed by atoms with Crippen LogP contribution >= 0.6 is 27.7 Å². The lowest BCUT2D eigenvalue weighted by molar-refractivity contribution is -0.113. The molecule has 0 bridgehead atoms. The number of hydrogen-bond acceptors (Lipinski definition) is 6. The van der Waals surface area contributed by atoms with Crippen molar-refractivity contribution in [3.05, 3.63) is 28.6 Å². The highest BCUT2D eigenvalue weighted by atomic mass is 79.9. The monoisotopic (exact) mass is 370 g/mol. The minimum atomic E-state index is -0.224. The van der Waals surface area contributed by atoms with Crippen molar-refractivity contribution in [1.82, 2.24) is 10.2 Å². The van der Waals surface area contributed by atoms with E-state index < -0.39 is 0 Å². The van der Waals surface area contributed by atoms with Gasteiger partial charge in [0.25, 0.3) is 0 Å². The van der Waals surface area contributed by atoms with Gasteiger partial charge in [-0.05, 0) is 18.2 Å². The molecule has 2 aromatic rings. The van der Waals surface area contributed by atoms with Crippen LogP contribution in [0.1, 0.15) is 25.7 Å². The number of nitrogen functional groups attached to an aromatic ring is 1. The van der Waals surface area contributed by atoms with E-state index in [4.69, 9.17) is 10.2 Å². The van der Waals surface area contributed by atoms with E-state index in [-0.39, 0.29) is 23.6 Å². The molecular formula is C13H15BrN4O2S. The summed E-state index contributed by atoms with van der Waals surface area (Å²) < 4.78 is 6.23. The molecule has 1 aromatic heterocycles. The highest BCUT2D eigenvalue weighted by Crippen LogP contribution is 2.28. The lowest BCUT2D eigenvalue weighted by Crippen LogP contribution is -2.14. The minimum absolute atomic E-state index is 0.117. The topological polar surface area (TPSA) is 94.0 Å². The van der Waals surface area contributed by atoms with Gasteiger partial charge in [0.2, 0.25) is 11.8 Å². The first-order valence-electron chi connectivity index (χ1n) is 6.27. The highest BCUT2D eigenvalue weighted by molar-refractivity contribution is 9.10. The maximum Gasteiger partial charge on any atom is 0.322 e. The van der Waals surface area contributed by atoms with E-state index in [1.54, 1.807) is 6.07 Å². The number of nitrogens with two attached hydrogens (primary N) is 1. The van der Waals surface area contributed by atoms with E-state index in [0.717, 1.165) is 9.37 Å². The molecular weight excluding hydrogens is 356 g/mol. The Morgan fingerprint density at radius 1 is 1.48 bits per heavy atom. The molecule has 6 nitrogen and oxygen atoms in total. The molecule has 0 saturated heterocycles. The van der Waals surface area contributed by atoms with Crippen molar-refractivity contribution in [3.63, 3.8) is 0 Å². The van der Waals surface area contributed by atoms with Gasteiger partial charge < -0.3 is 10.2 Å². The fourth-order valence-corrected chi connectivity index (χ4v) is 2.77. The molecule has 0 spiro atoms. The molecule has 0 aliphatic heterocycles. The van der Waals surface area contributed by atoms with Crippen LogP contribution in [-0.2, 0) is 4.79 Å². The number of halogens is 1. The van der Waals surface area contributed by atoms with Gasteiger partial charge in [-0.25, -0.2) is 0 Å². The Bertz CT molecular complexity index is 645. The van der Waals surface area contributed by atoms with E-state index in [1.807, 2.05) is 26.0 Å². The molecule has 3 N–H and O–H groups in total. The van der Waals surface area contributed by atoms with Crippen LogP contribution in [0.3, 0.4) is 0 Å². The molecule has 112 valence electrons. The summed E-state index contributed by atoms with van der Waals surface area (Å²) in [5.41, 5.74) is 6.49. The summed E-state index contributed by atoms with van der Waals surface area (Å²) in [6.07, 6.45) is 0. The Kier molecular flexibility index (Phi) is 5.24. The molecule has 0 aliphatic rings. The van der Waals surface area contributed by atoms with Gasteiger partial charge >= 0.3 is 6.01 Å². The lowest BCUT2D eigenvalue weighted by Gasteiger charge is -2.05. The molecule has 0 saturated carbocycles. The first-order valence-corrected chi connectivity index (χ1v) is 8.04. The Morgan fingerprint density at radius 3 is 2.90 bits per heavy atom. The normalized spacial score (nSPS) is 10.9. The van der Waals surface area contributed by atoms with E-state index in [0.29, 0.717) is 11.6 Å². The predicted molar refractivity (Wildman–Crippen MR) is 86.3 cm³/mol. The third kappa shape index (κ3) is 4.47. The number of benzene rings is 1. The van der Waals surface area contributed by atoms with Crippen molar-refractivity contribution >= 4 is 45.3 Å². The van der Waals surface area contributed by atoms with Crippen molar-refractivity contribution < 1.29 is 9.21 Å². The van der Waals surface area contributed by atoms with Gasteiger partial charge in [0.15, 0.2) is 0 Å². The van der Waals surface area contributed by atoms with Gasteiger partial charge in [-0.3, -0.25) is 10.1 Å². The quantitative estimate of drug-likeness (QED) is 0.619. The Labute approximate surface area is 135 Å². The third-order valence-electron chi connectivity index (χ3n) is 2.52. The zero-order chi connectivity index (χ0) is 15.4. The van der Waals surface area contributed by atoms with Crippen LogP contribution in [0.25, 0.3) is 0 Å². The first-order chi connectivity index (χ1) is 9.95. The summed E-state index contributed by atoms with van der Waals surface area (Å²) in [5.74, 6) is 0.603. The number of nitrogens with zero attached hydrogens (tertiary/aromatic N) is 2. The smallest absolute Gasteiger partial charge is 0.322 e. The summed E-state index contributed by atoms with van der Waals surface area (Å²) in [5, 5.41) is 10.2. The summed E-state index contributed by atoms with van der Waals surface area (Å²) in [7, 11) is 0. The Balaban J connectivity index is 1.91. The lowest BCUT2D eigenvalue weighted by atomic mass is 10.2. The maximum absolute atomic E-state index is 11.8. The average molecular weight is 371 g/mol. The highest BCUT2D eigenvalue weighted by Gasteiger charge is 2.12. The van der Waals surface area contributed by atoms with Gasteiger partial charge in [0, 0.05) is 21.0 Å². The number of aromatic nitrogens is 2. The van der Waals surface area contributed by atoms with Gasteiger partial charge in [-0.2, -0.15) is 0 Å². The van der Waals surface area contributed by atoms with Crippen LogP contribution in [0.5, 0.6) is 0 Å². The molecule has 8 heteroatoms. The standard InChI is InChI=1S/C13H15BrN4O2S/c1-7(2)12-17-18-13(20-12)16-11(19)6-21-10-5-8(14)3-4-9(10)15/h3-5,7H,6,15H2,1-2H3,(H,16,18,19). The molecule has 1 heterocycles. The van der Waals surface area contributed by atoms with Crippen molar-refractivity contribution in [2.24, 2.45) is 0 Å². The van der Waals surface area contributed by atoms with Crippen molar-refractivity contribution in [1.29, 1.82) is 0 Å². The third-order valence-corrected chi connectivity index (χ3v) is 4.08. The summed E-state index contributed by atoms with van der Waals surface area (Å²) in [4.78, 5) is 12.7. The molecule has 1 aromatic carbocycles. The van der Waals surface area contributed by atoms with E-state index in [1.165, 1.54) is 11.8 Å². The molecule has 0 radical (unpaired) electrons. The van der Waals surface area contributed by atoms with Crippen LogP contribution < -0.4 is 11.1 Å². The summed E-state index contributed by atoms with van der Waals surface area (Å²) in [6.45, 7) is 3.87. The van der Waals surface area contributed by atoms with E-state index in [9.17, 15) is 4.79 Å². The van der Waals surface area contributed by atoms with Crippen LogP contribution in [-0.4, -0.2) is 21.9 Å². The van der Waals surface area contributed by atoms with Gasteiger partial charge in [0.1, 0.15) is 0 Å². The van der Waals surface area contributed by atoms with Gasteiger partial charge in [-0.15, -0.1) is 16.9 Å². The van der Waals surface area contributed by atoms with E-state index in [2.05, 4.69) is 31.4 Å². The number of hydrogen-bond donors (Lipinski definition) is 2. The molecule has 2 rings (SSSR count). The van der Waals surface area contributed by atoms with Crippen LogP contribution in [0.15, 0.2) is 32.0 Å². The van der Waals surface area contributed by atoms with Crippen LogP contribution in [0.2, 0.25) is 0 Å². The van der Waals surface area contributed by atoms with Crippen LogP contribution in [0.4, 0.5) is 11.7 Å². The SMILES string of the molecule is CC(C)c1nnc(NC(=O)CSc2cc(Br)ccc2N)o1. The molecule has 0 unspecified atom stereocenters. The molecule has 21 heavy (non-hydrogen) atoms. The number of carbonyl (C=O) groups excluding carboxylic acids is 1. The Hall–Kier alpha value is -1.54. The molecule has 1 amide bonds. The number of thioether (sulfide) groups is 1. The molecule has 0 fully saturated rings. The second kappa shape index (κ2) is 6.95. The van der Waals surface area contributed by atoms with E-state index >= 15 is 0 Å². The fourth-order valence-electron chi connectivity index (χ4n) is 1.45. The molecule has 0 aliphatic carbocycles. The van der Waals surface area contributed by atoms with Crippen molar-refractivity contribution in [2.75, 3.05) is 16.8 Å². The zero-order valence-corrected chi connectivity index (χ0v) is 14.0. The number of anilines is 2. The fraction of sp³-hybridized carbons (Fsp3) is 0.308. The number of amides is 1. The van der Waals surface area contributed by atoms with Crippen molar-refractivity contribution in [3.8, 4) is 0 Å². The summed E-state index contributed by atoms with van der Waals surface area (Å²) >= 11 is 4.72. The van der Waals surface area contributed by atoms with Crippen LogP contribution in [0, 0.1) is 0 Å². The van der Waals surface area contributed by atoms with Crippen molar-refractivity contribution in [2.45, 2.75) is 24.7 Å². The summed E-state index contributed by atoms with van der Waals surface area (Å²) in [6, 6.07) is 5.63. The zero-order valence-electron chi connectivity index (χ0n) is 11.6. The van der Waals surface area contributed by atoms with Gasteiger partial charge in [0.05, 0.1) is 5.75 Å². The second-order valence-corrected chi connectivity index (χ2v) is 6.55. The maximum atomic E-state index is 11.8. The number of carbonyl (C=O) groups is 1. The second-order valence-electron chi connectivity index (χ2n) is 4.62. The number of nitrogens with one attached hydrogen (secondary N) is 1. The molecule has 0 atom stereocenters. The predicted octanol–water partition coefficient (Wildman–Crippen LogP) is 3.27.